The fourth-order valence-electron chi connectivity index (χ4n) is 2.21. The number of hydrogen-bond acceptors (Lipinski definition) is 4. The third kappa shape index (κ3) is 4.88. The monoisotopic (exact) mass is 416 g/mol. The summed E-state index contributed by atoms with van der Waals surface area (Å²) >= 11 is 11.9. The van der Waals surface area contributed by atoms with Gasteiger partial charge in [-0.05, 0) is 55.8 Å². The number of rotatable bonds is 6. The van der Waals surface area contributed by atoms with Crippen molar-refractivity contribution in [1.82, 2.24) is 4.72 Å². The number of methoxy groups -OCH3 is 1. The van der Waals surface area contributed by atoms with E-state index in [4.69, 9.17) is 27.9 Å². The van der Waals surface area contributed by atoms with E-state index in [1.54, 1.807) is 19.1 Å². The fourth-order valence-corrected chi connectivity index (χ4v) is 3.83. The molecule has 0 aliphatic rings. The van der Waals surface area contributed by atoms with Gasteiger partial charge in [-0.1, -0.05) is 23.2 Å². The van der Waals surface area contributed by atoms with E-state index in [1.807, 2.05) is 0 Å². The minimum absolute atomic E-state index is 0.0382. The number of aryl methyl sites for hydroxylation is 1. The molecule has 1 atom stereocenters. The van der Waals surface area contributed by atoms with Gasteiger partial charge in [0.1, 0.15) is 5.75 Å². The van der Waals surface area contributed by atoms with Gasteiger partial charge in [-0.25, -0.2) is 8.42 Å². The first-order valence-corrected chi connectivity index (χ1v) is 9.81. The van der Waals surface area contributed by atoms with Gasteiger partial charge in [0, 0.05) is 5.02 Å². The number of carbonyl (C=O) groups is 1. The van der Waals surface area contributed by atoms with E-state index in [2.05, 4.69) is 10.0 Å². The number of ether oxygens (including phenoxy) is 1. The normalized spacial score (nSPS) is 12.5. The maximum absolute atomic E-state index is 12.5. The Morgan fingerprint density at radius 2 is 1.85 bits per heavy atom. The molecule has 0 spiro atoms. The number of nitrogens with one attached hydrogen (secondary N) is 2. The zero-order chi connectivity index (χ0) is 19.5. The molecule has 0 saturated heterocycles. The lowest BCUT2D eigenvalue weighted by Gasteiger charge is -2.16. The average Bonchev–Trinajstić information content (AvgIpc) is 2.57. The van der Waals surface area contributed by atoms with Gasteiger partial charge in [-0.2, -0.15) is 4.72 Å². The number of anilines is 1. The summed E-state index contributed by atoms with van der Waals surface area (Å²) in [5.41, 5.74) is 0.966. The molecule has 0 unspecified atom stereocenters. The van der Waals surface area contributed by atoms with Crippen LogP contribution < -0.4 is 14.8 Å². The van der Waals surface area contributed by atoms with Crippen LogP contribution in [0.5, 0.6) is 5.75 Å². The third-order valence-electron chi connectivity index (χ3n) is 3.59. The smallest absolute Gasteiger partial charge is 0.242 e. The molecule has 2 aromatic rings. The van der Waals surface area contributed by atoms with Crippen molar-refractivity contribution >= 4 is 44.8 Å². The highest BCUT2D eigenvalue weighted by molar-refractivity contribution is 7.89. The summed E-state index contributed by atoms with van der Waals surface area (Å²) in [4.78, 5) is 12.3. The minimum Gasteiger partial charge on any atom is -0.496 e. The lowest BCUT2D eigenvalue weighted by atomic mass is 10.2. The fraction of sp³-hybridized carbons (Fsp3) is 0.235. The maximum atomic E-state index is 12.5. The third-order valence-corrected chi connectivity index (χ3v) is 5.69. The van der Waals surface area contributed by atoms with Crippen LogP contribution in [0.3, 0.4) is 0 Å². The summed E-state index contributed by atoms with van der Waals surface area (Å²) in [6, 6.07) is 8.01. The van der Waals surface area contributed by atoms with Gasteiger partial charge in [0.25, 0.3) is 0 Å². The summed E-state index contributed by atoms with van der Waals surface area (Å²) in [7, 11) is -2.39. The molecule has 0 heterocycles. The van der Waals surface area contributed by atoms with E-state index in [9.17, 15) is 13.2 Å². The summed E-state index contributed by atoms with van der Waals surface area (Å²) in [5, 5.41) is 3.24. The molecule has 2 aromatic carbocycles. The summed E-state index contributed by atoms with van der Waals surface area (Å²) < 4.78 is 32.4. The van der Waals surface area contributed by atoms with Crippen molar-refractivity contribution in [2.75, 3.05) is 12.4 Å². The highest BCUT2D eigenvalue weighted by Crippen LogP contribution is 2.26. The molecule has 2 N–H and O–H groups in total. The molecular weight excluding hydrogens is 399 g/mol. The van der Waals surface area contributed by atoms with Gasteiger partial charge in [0.05, 0.1) is 28.8 Å². The Balaban J connectivity index is 2.14. The van der Waals surface area contributed by atoms with Gasteiger partial charge in [-0.3, -0.25) is 4.79 Å². The first kappa shape index (κ1) is 20.5. The highest BCUT2D eigenvalue weighted by atomic mass is 35.5. The molecule has 0 aromatic heterocycles. The number of hydrogen-bond donors (Lipinski definition) is 2. The van der Waals surface area contributed by atoms with Gasteiger partial charge in [0.2, 0.25) is 15.9 Å². The second kappa shape index (κ2) is 8.26. The quantitative estimate of drug-likeness (QED) is 0.752. The van der Waals surface area contributed by atoms with E-state index in [0.29, 0.717) is 27.0 Å². The van der Waals surface area contributed by atoms with Crippen LogP contribution in [0.1, 0.15) is 12.5 Å². The van der Waals surface area contributed by atoms with Crippen LogP contribution in [0.15, 0.2) is 41.3 Å². The topological polar surface area (TPSA) is 84.5 Å². The van der Waals surface area contributed by atoms with Crippen LogP contribution in [0.2, 0.25) is 10.0 Å². The van der Waals surface area contributed by atoms with E-state index in [0.717, 1.165) is 0 Å². The largest absolute Gasteiger partial charge is 0.496 e. The second-order valence-electron chi connectivity index (χ2n) is 5.59. The van der Waals surface area contributed by atoms with Crippen molar-refractivity contribution in [1.29, 1.82) is 0 Å². The van der Waals surface area contributed by atoms with Crippen molar-refractivity contribution < 1.29 is 17.9 Å². The van der Waals surface area contributed by atoms with Crippen LogP contribution in [0, 0.1) is 6.92 Å². The van der Waals surface area contributed by atoms with Crippen LogP contribution in [0.4, 0.5) is 5.69 Å². The Hall–Kier alpha value is -1.80. The number of benzene rings is 2. The van der Waals surface area contributed by atoms with Gasteiger partial charge >= 0.3 is 0 Å². The van der Waals surface area contributed by atoms with Crippen LogP contribution in [-0.2, 0) is 14.8 Å². The molecule has 0 aliphatic heterocycles. The second-order valence-corrected chi connectivity index (χ2v) is 8.15. The Morgan fingerprint density at radius 1 is 1.15 bits per heavy atom. The standard InChI is InChI=1S/C17H18Cl2N2O4S/c1-10-8-13(5-7-16(10)25-3)26(23,24)21-11(2)17(22)20-15-9-12(18)4-6-14(15)19/h4-9,11,21H,1-3H3,(H,20,22)/t11-/m1/s1. The van der Waals surface area contributed by atoms with Gasteiger partial charge in [-0.15, -0.1) is 0 Å². The highest BCUT2D eigenvalue weighted by Gasteiger charge is 2.23. The number of amides is 1. The number of sulfonamides is 1. The zero-order valence-corrected chi connectivity index (χ0v) is 16.7. The molecule has 9 heteroatoms. The Labute approximate surface area is 162 Å². The van der Waals surface area contributed by atoms with Gasteiger partial charge in [0.15, 0.2) is 0 Å². The predicted molar refractivity (Wildman–Crippen MR) is 103 cm³/mol. The molecule has 0 aliphatic carbocycles. The van der Waals surface area contributed by atoms with Crippen molar-refractivity contribution in [3.8, 4) is 5.75 Å². The first-order chi connectivity index (χ1) is 12.1. The summed E-state index contributed by atoms with van der Waals surface area (Å²) in [6.07, 6.45) is 0. The van der Waals surface area contributed by atoms with E-state index in [1.165, 1.54) is 38.3 Å². The first-order valence-electron chi connectivity index (χ1n) is 7.57. The molecular formula is C17H18Cl2N2O4S. The number of carbonyl (C=O) groups excluding carboxylic acids is 1. The van der Waals surface area contributed by atoms with Crippen LogP contribution in [0.25, 0.3) is 0 Å². The van der Waals surface area contributed by atoms with E-state index < -0.39 is 22.0 Å². The van der Waals surface area contributed by atoms with Crippen molar-refractivity contribution in [3.05, 3.63) is 52.0 Å². The van der Waals surface area contributed by atoms with Crippen LogP contribution >= 0.6 is 23.2 Å². The molecule has 0 fully saturated rings. The van der Waals surface area contributed by atoms with Crippen molar-refractivity contribution in [2.24, 2.45) is 0 Å². The maximum Gasteiger partial charge on any atom is 0.242 e. The summed E-state index contributed by atoms with van der Waals surface area (Å²) in [5.74, 6) is 0.00770. The average molecular weight is 417 g/mol. The predicted octanol–water partition coefficient (Wildman–Crippen LogP) is 3.62. The Morgan fingerprint density at radius 3 is 2.46 bits per heavy atom. The molecule has 0 bridgehead atoms. The minimum atomic E-state index is -3.89. The van der Waals surface area contributed by atoms with Crippen molar-refractivity contribution in [2.45, 2.75) is 24.8 Å². The Bertz CT molecular complexity index is 932. The summed E-state index contributed by atoms with van der Waals surface area (Å²) in [6.45, 7) is 3.16. The molecule has 1 amide bonds. The molecule has 0 radical (unpaired) electrons. The lowest BCUT2D eigenvalue weighted by Crippen LogP contribution is -2.41. The van der Waals surface area contributed by atoms with Gasteiger partial charge < -0.3 is 10.1 Å². The van der Waals surface area contributed by atoms with Crippen LogP contribution in [-0.4, -0.2) is 27.5 Å². The molecule has 140 valence electrons. The molecule has 2 rings (SSSR count). The molecule has 0 saturated carbocycles. The van der Waals surface area contributed by atoms with E-state index in [-0.39, 0.29) is 4.90 Å². The molecule has 6 nitrogen and oxygen atoms in total. The van der Waals surface area contributed by atoms with Crippen molar-refractivity contribution in [3.63, 3.8) is 0 Å². The number of halogens is 2. The van der Waals surface area contributed by atoms with E-state index >= 15 is 0 Å². The lowest BCUT2D eigenvalue weighted by molar-refractivity contribution is -0.117. The Kier molecular flexibility index (Phi) is 6.52. The molecule has 26 heavy (non-hydrogen) atoms. The zero-order valence-electron chi connectivity index (χ0n) is 14.3. The SMILES string of the molecule is COc1ccc(S(=O)(=O)N[C@H](C)C(=O)Nc2cc(Cl)ccc2Cl)cc1C.